The van der Waals surface area contributed by atoms with Gasteiger partial charge in [-0.1, -0.05) is 46.0 Å². The molecule has 111 valence electrons. The number of rotatable bonds is 5. The summed E-state index contributed by atoms with van der Waals surface area (Å²) in [5, 5.41) is 0. The molecule has 0 aliphatic heterocycles. The van der Waals surface area contributed by atoms with Gasteiger partial charge in [0, 0.05) is 38.8 Å². The fraction of sp³-hybridized carbons (Fsp3) is 0.533. The number of hydrogen-bond acceptors (Lipinski definition) is 3. The molecule has 0 N–H and O–H groups in total. The summed E-state index contributed by atoms with van der Waals surface area (Å²) in [6.07, 6.45) is 10.7. The van der Waals surface area contributed by atoms with E-state index < -0.39 is 0 Å². The van der Waals surface area contributed by atoms with Crippen molar-refractivity contribution in [2.45, 2.75) is 52.4 Å². The molecule has 0 aliphatic carbocycles. The van der Waals surface area contributed by atoms with Crippen LogP contribution in [0.1, 0.15) is 63.8 Å². The van der Waals surface area contributed by atoms with Crippen molar-refractivity contribution in [2.75, 3.05) is 0 Å². The molecular formula is C15H21IrN4-. The van der Waals surface area contributed by atoms with Gasteiger partial charge in [-0.05, 0) is 18.3 Å². The van der Waals surface area contributed by atoms with Crippen LogP contribution in [-0.4, -0.2) is 19.5 Å². The Bertz CT molecular complexity index is 521. The van der Waals surface area contributed by atoms with Gasteiger partial charge in [-0.25, -0.2) is 0 Å². The average molecular weight is 450 g/mol. The molecule has 0 saturated heterocycles. The SMILES string of the molecule is CCC(C)c1cn(-c2cnc(C(C)CC)cn2)[c-]n1.[Ir]. The first-order chi connectivity index (χ1) is 9.15. The Labute approximate surface area is 134 Å². The Morgan fingerprint density at radius 1 is 1.05 bits per heavy atom. The molecule has 20 heavy (non-hydrogen) atoms. The molecule has 2 atom stereocenters. The van der Waals surface area contributed by atoms with E-state index in [4.69, 9.17) is 0 Å². The molecule has 0 amide bonds. The van der Waals surface area contributed by atoms with Crippen LogP contribution in [0.15, 0.2) is 18.6 Å². The number of hydrogen-bond donors (Lipinski definition) is 0. The van der Waals surface area contributed by atoms with Crippen LogP contribution in [0.4, 0.5) is 0 Å². The van der Waals surface area contributed by atoms with E-state index in [0.29, 0.717) is 11.8 Å². The molecule has 2 unspecified atom stereocenters. The van der Waals surface area contributed by atoms with Crippen LogP contribution in [0.3, 0.4) is 0 Å². The van der Waals surface area contributed by atoms with E-state index in [-0.39, 0.29) is 20.1 Å². The van der Waals surface area contributed by atoms with Crippen molar-refractivity contribution < 1.29 is 20.1 Å². The van der Waals surface area contributed by atoms with Crippen LogP contribution < -0.4 is 0 Å². The first kappa shape index (κ1) is 17.0. The smallest absolute Gasteiger partial charge is 0.0732 e. The maximum Gasteiger partial charge on any atom is 0.0732 e. The summed E-state index contributed by atoms with van der Waals surface area (Å²) >= 11 is 0. The minimum Gasteiger partial charge on any atom is -0.417 e. The van der Waals surface area contributed by atoms with E-state index in [9.17, 15) is 0 Å². The molecule has 4 nitrogen and oxygen atoms in total. The predicted octanol–water partition coefficient (Wildman–Crippen LogP) is 3.49. The Balaban J connectivity index is 0.00000200. The molecule has 0 aromatic carbocycles. The van der Waals surface area contributed by atoms with Crippen LogP contribution in [0.2, 0.25) is 0 Å². The standard InChI is InChI=1S/C15H21N4.Ir/c1-5-11(3)13-7-17-15(8-16-13)19-9-14(18-10-19)12(4)6-2;/h7-9,11-12H,5-6H2,1-4H3;/q-1;. The first-order valence-electron chi connectivity index (χ1n) is 6.95. The van der Waals surface area contributed by atoms with Crippen LogP contribution >= 0.6 is 0 Å². The normalized spacial score (nSPS) is 13.6. The van der Waals surface area contributed by atoms with Crippen molar-refractivity contribution in [1.82, 2.24) is 19.5 Å². The summed E-state index contributed by atoms with van der Waals surface area (Å²) in [7, 11) is 0. The van der Waals surface area contributed by atoms with Gasteiger partial charge in [-0.2, -0.15) is 0 Å². The first-order valence-corrected chi connectivity index (χ1v) is 6.95. The van der Waals surface area contributed by atoms with Crippen molar-refractivity contribution in [3.05, 3.63) is 36.3 Å². The zero-order valence-electron chi connectivity index (χ0n) is 12.4. The van der Waals surface area contributed by atoms with E-state index in [1.807, 2.05) is 17.0 Å². The fourth-order valence-electron chi connectivity index (χ4n) is 1.78. The fourth-order valence-corrected chi connectivity index (χ4v) is 1.78. The monoisotopic (exact) mass is 450 g/mol. The number of imidazole rings is 1. The molecule has 2 aromatic rings. The Hall–Kier alpha value is -1.06. The van der Waals surface area contributed by atoms with Crippen LogP contribution in [0, 0.1) is 6.33 Å². The van der Waals surface area contributed by atoms with Crippen molar-refractivity contribution in [2.24, 2.45) is 0 Å². The zero-order chi connectivity index (χ0) is 13.8. The molecule has 2 heterocycles. The third-order valence-corrected chi connectivity index (χ3v) is 3.69. The number of aromatic nitrogens is 4. The van der Waals surface area contributed by atoms with Gasteiger partial charge in [0.05, 0.1) is 11.5 Å². The second-order valence-corrected chi connectivity index (χ2v) is 5.05. The molecule has 2 aromatic heterocycles. The maximum atomic E-state index is 4.47. The zero-order valence-corrected chi connectivity index (χ0v) is 14.8. The molecule has 0 bridgehead atoms. The van der Waals surface area contributed by atoms with Gasteiger partial charge in [0.25, 0.3) is 0 Å². The molecule has 0 saturated carbocycles. The van der Waals surface area contributed by atoms with Gasteiger partial charge < -0.3 is 9.55 Å². The average Bonchev–Trinajstić information content (AvgIpc) is 2.95. The van der Waals surface area contributed by atoms with Gasteiger partial charge >= 0.3 is 0 Å². The summed E-state index contributed by atoms with van der Waals surface area (Å²) in [5.74, 6) is 1.67. The van der Waals surface area contributed by atoms with Crippen LogP contribution in [0.25, 0.3) is 5.82 Å². The number of nitrogens with zero attached hydrogens (tertiary/aromatic N) is 4. The van der Waals surface area contributed by atoms with Gasteiger partial charge in [-0.3, -0.25) is 9.97 Å². The van der Waals surface area contributed by atoms with Crippen molar-refractivity contribution in [3.63, 3.8) is 0 Å². The Kier molecular flexibility index (Phi) is 6.50. The van der Waals surface area contributed by atoms with E-state index in [1.165, 1.54) is 0 Å². The summed E-state index contributed by atoms with van der Waals surface area (Å²) in [5.41, 5.74) is 2.09. The third kappa shape index (κ3) is 3.74. The summed E-state index contributed by atoms with van der Waals surface area (Å²) in [6, 6.07) is 0. The Morgan fingerprint density at radius 2 is 1.70 bits per heavy atom. The minimum absolute atomic E-state index is 0. The van der Waals surface area contributed by atoms with E-state index in [2.05, 4.69) is 49.0 Å². The molecule has 0 aliphatic rings. The second-order valence-electron chi connectivity index (χ2n) is 5.05. The molecule has 0 spiro atoms. The van der Waals surface area contributed by atoms with Gasteiger partial charge in [0.15, 0.2) is 0 Å². The quantitative estimate of drug-likeness (QED) is 0.657. The summed E-state index contributed by atoms with van der Waals surface area (Å²) in [4.78, 5) is 13.2. The predicted molar refractivity (Wildman–Crippen MR) is 75.4 cm³/mol. The molecule has 2 rings (SSSR count). The molecular weight excluding hydrogens is 428 g/mol. The van der Waals surface area contributed by atoms with Crippen LogP contribution in [0.5, 0.6) is 0 Å². The van der Waals surface area contributed by atoms with Gasteiger partial charge in [0.2, 0.25) is 0 Å². The van der Waals surface area contributed by atoms with Gasteiger partial charge in [-0.15, -0.1) is 0 Å². The molecule has 0 fully saturated rings. The minimum atomic E-state index is 0. The second kappa shape index (κ2) is 7.65. The summed E-state index contributed by atoms with van der Waals surface area (Å²) < 4.78 is 1.81. The van der Waals surface area contributed by atoms with E-state index in [1.54, 1.807) is 6.20 Å². The largest absolute Gasteiger partial charge is 0.417 e. The maximum absolute atomic E-state index is 4.47. The van der Waals surface area contributed by atoms with Crippen molar-refractivity contribution in [3.8, 4) is 5.82 Å². The van der Waals surface area contributed by atoms with Crippen molar-refractivity contribution >= 4 is 0 Å². The van der Waals surface area contributed by atoms with E-state index >= 15 is 0 Å². The van der Waals surface area contributed by atoms with Crippen molar-refractivity contribution in [1.29, 1.82) is 0 Å². The topological polar surface area (TPSA) is 43.6 Å². The van der Waals surface area contributed by atoms with Crippen LogP contribution in [-0.2, 0) is 20.1 Å². The summed E-state index contributed by atoms with van der Waals surface area (Å²) in [6.45, 7) is 8.64. The third-order valence-electron chi connectivity index (χ3n) is 3.69. The molecule has 1 radical (unpaired) electrons. The Morgan fingerprint density at radius 3 is 2.25 bits per heavy atom. The van der Waals surface area contributed by atoms with E-state index in [0.717, 1.165) is 30.0 Å². The molecule has 5 heteroatoms. The van der Waals surface area contributed by atoms with Gasteiger partial charge in [0.1, 0.15) is 0 Å².